The van der Waals surface area contributed by atoms with Crippen molar-refractivity contribution in [3.8, 4) is 23.0 Å². The van der Waals surface area contributed by atoms with E-state index in [1.54, 1.807) is 42.5 Å². The maximum Gasteiger partial charge on any atom is 0.196 e. The molecular weight excluding hydrogens is 384 g/mol. The van der Waals surface area contributed by atoms with Crippen LogP contribution in [0.5, 0.6) is 23.0 Å². The van der Waals surface area contributed by atoms with Gasteiger partial charge >= 0.3 is 0 Å². The second kappa shape index (κ2) is 10.1. The van der Waals surface area contributed by atoms with Crippen LogP contribution in [0.3, 0.4) is 0 Å². The average molecular weight is 406 g/mol. The zero-order valence-electron chi connectivity index (χ0n) is 16.3. The average Bonchev–Trinajstić information content (AvgIpc) is 2.76. The van der Waals surface area contributed by atoms with Crippen LogP contribution in [0, 0.1) is 0 Å². The Labute approximate surface area is 174 Å². The minimum Gasteiger partial charge on any atom is -0.507 e. The lowest BCUT2D eigenvalue weighted by molar-refractivity contribution is 0.103. The number of ketones is 1. The molecule has 6 heteroatoms. The summed E-state index contributed by atoms with van der Waals surface area (Å²) < 4.78 is 11.2. The van der Waals surface area contributed by atoms with Gasteiger partial charge in [-0.15, -0.1) is 0 Å². The molecule has 3 aromatic rings. The molecule has 0 fully saturated rings. The van der Waals surface area contributed by atoms with E-state index in [1.807, 2.05) is 6.07 Å². The maximum atomic E-state index is 12.4. The highest BCUT2D eigenvalue weighted by Crippen LogP contribution is 2.26. The SMILES string of the molecule is O=Cc1ccc(OCCCCOc2ccc(C(=O)c3ccccc3)c(O)c2)cc1O. The highest BCUT2D eigenvalue weighted by molar-refractivity contribution is 6.10. The molecule has 30 heavy (non-hydrogen) atoms. The molecule has 0 aliphatic heterocycles. The Bertz CT molecular complexity index is 1010. The van der Waals surface area contributed by atoms with Gasteiger partial charge in [-0.25, -0.2) is 0 Å². The van der Waals surface area contributed by atoms with Gasteiger partial charge < -0.3 is 19.7 Å². The van der Waals surface area contributed by atoms with Crippen LogP contribution in [-0.4, -0.2) is 35.5 Å². The van der Waals surface area contributed by atoms with Crippen LogP contribution in [0.1, 0.15) is 39.1 Å². The molecule has 0 spiro atoms. The monoisotopic (exact) mass is 406 g/mol. The number of phenols is 2. The third-order valence-electron chi connectivity index (χ3n) is 4.45. The van der Waals surface area contributed by atoms with Crippen LogP contribution in [0.2, 0.25) is 0 Å². The molecule has 0 radical (unpaired) electrons. The van der Waals surface area contributed by atoms with Gasteiger partial charge in [0.2, 0.25) is 0 Å². The van der Waals surface area contributed by atoms with Crippen LogP contribution < -0.4 is 9.47 Å². The number of phenolic OH excluding ortho intramolecular Hbond substituents is 2. The second-order valence-electron chi connectivity index (χ2n) is 6.62. The lowest BCUT2D eigenvalue weighted by atomic mass is 10.0. The van der Waals surface area contributed by atoms with E-state index in [2.05, 4.69) is 0 Å². The van der Waals surface area contributed by atoms with Crippen molar-refractivity contribution >= 4 is 12.1 Å². The standard InChI is InChI=1S/C24H22O6/c25-16-18-8-9-19(14-22(18)26)29-12-4-5-13-30-20-10-11-21(23(27)15-20)24(28)17-6-2-1-3-7-17/h1-3,6-11,14-16,26-27H,4-5,12-13H2. The van der Waals surface area contributed by atoms with Gasteiger partial charge in [-0.2, -0.15) is 0 Å². The zero-order chi connectivity index (χ0) is 21.3. The van der Waals surface area contributed by atoms with Crippen molar-refractivity contribution in [1.29, 1.82) is 0 Å². The Kier molecular flexibility index (Phi) is 7.05. The van der Waals surface area contributed by atoms with Gasteiger partial charge in [0.25, 0.3) is 0 Å². The van der Waals surface area contributed by atoms with Gasteiger partial charge in [0.1, 0.15) is 23.0 Å². The van der Waals surface area contributed by atoms with Gasteiger partial charge in [0.15, 0.2) is 12.1 Å². The largest absolute Gasteiger partial charge is 0.507 e. The molecule has 154 valence electrons. The molecular formula is C24H22O6. The van der Waals surface area contributed by atoms with E-state index in [9.17, 15) is 19.8 Å². The molecule has 0 bridgehead atoms. The lowest BCUT2D eigenvalue weighted by Gasteiger charge is -2.10. The van der Waals surface area contributed by atoms with E-state index >= 15 is 0 Å². The summed E-state index contributed by atoms with van der Waals surface area (Å²) in [4.78, 5) is 23.1. The zero-order valence-corrected chi connectivity index (χ0v) is 16.3. The maximum absolute atomic E-state index is 12.4. The highest BCUT2D eigenvalue weighted by atomic mass is 16.5. The molecule has 3 rings (SSSR count). The molecule has 0 saturated carbocycles. The summed E-state index contributed by atoms with van der Waals surface area (Å²) in [5.74, 6) is 0.488. The van der Waals surface area contributed by atoms with Crippen LogP contribution in [-0.2, 0) is 0 Å². The van der Waals surface area contributed by atoms with Crippen LogP contribution in [0.25, 0.3) is 0 Å². The summed E-state index contributed by atoms with van der Waals surface area (Å²) in [6.45, 7) is 0.850. The first kappa shape index (κ1) is 20.9. The topological polar surface area (TPSA) is 93.1 Å². The number of rotatable bonds is 10. The van der Waals surface area contributed by atoms with E-state index in [4.69, 9.17) is 9.47 Å². The van der Waals surface area contributed by atoms with Crippen molar-refractivity contribution in [2.45, 2.75) is 12.8 Å². The molecule has 0 aliphatic rings. The van der Waals surface area contributed by atoms with Crippen molar-refractivity contribution in [3.05, 3.63) is 83.4 Å². The Morgan fingerprint density at radius 2 is 1.40 bits per heavy atom. The molecule has 0 atom stereocenters. The summed E-state index contributed by atoms with van der Waals surface area (Å²) >= 11 is 0. The number of hydrogen-bond donors (Lipinski definition) is 2. The third-order valence-corrected chi connectivity index (χ3v) is 4.45. The van der Waals surface area contributed by atoms with Gasteiger partial charge in [-0.3, -0.25) is 9.59 Å². The fraction of sp³-hybridized carbons (Fsp3) is 0.167. The van der Waals surface area contributed by atoms with Crippen molar-refractivity contribution in [3.63, 3.8) is 0 Å². The molecule has 0 aromatic heterocycles. The molecule has 0 heterocycles. The molecule has 0 saturated heterocycles. The number of hydrogen-bond acceptors (Lipinski definition) is 6. The smallest absolute Gasteiger partial charge is 0.196 e. The third kappa shape index (κ3) is 5.38. The number of aldehydes is 1. The van der Waals surface area contributed by atoms with Gasteiger partial charge in [-0.1, -0.05) is 30.3 Å². The van der Waals surface area contributed by atoms with E-state index in [-0.39, 0.29) is 28.4 Å². The van der Waals surface area contributed by atoms with Crippen LogP contribution in [0.4, 0.5) is 0 Å². The summed E-state index contributed by atoms with van der Waals surface area (Å²) in [6.07, 6.45) is 2.01. The first-order chi connectivity index (χ1) is 14.6. The summed E-state index contributed by atoms with van der Waals surface area (Å²) in [7, 11) is 0. The van der Waals surface area contributed by atoms with Gasteiger partial charge in [0, 0.05) is 17.7 Å². The van der Waals surface area contributed by atoms with Crippen molar-refractivity contribution in [1.82, 2.24) is 0 Å². The number of carbonyl (C=O) groups is 2. The Balaban J connectivity index is 1.43. The Morgan fingerprint density at radius 3 is 1.97 bits per heavy atom. The van der Waals surface area contributed by atoms with Gasteiger partial charge in [-0.05, 0) is 37.1 Å². The molecule has 0 unspecified atom stereocenters. The molecule has 0 amide bonds. The number of ether oxygens (including phenoxy) is 2. The minimum absolute atomic E-state index is 0.111. The molecule has 3 aromatic carbocycles. The summed E-state index contributed by atoms with van der Waals surface area (Å²) in [5, 5.41) is 19.8. The highest BCUT2D eigenvalue weighted by Gasteiger charge is 2.14. The minimum atomic E-state index is -0.246. The van der Waals surface area contributed by atoms with E-state index in [1.165, 1.54) is 18.2 Å². The Hall–Kier alpha value is -3.80. The fourth-order valence-corrected chi connectivity index (χ4v) is 2.84. The first-order valence-corrected chi connectivity index (χ1v) is 9.55. The molecule has 6 nitrogen and oxygen atoms in total. The van der Waals surface area contributed by atoms with Crippen molar-refractivity contribution < 1.29 is 29.3 Å². The first-order valence-electron chi connectivity index (χ1n) is 9.55. The molecule has 0 aliphatic carbocycles. The van der Waals surface area contributed by atoms with Crippen molar-refractivity contribution in [2.24, 2.45) is 0 Å². The predicted octanol–water partition coefficient (Wildman–Crippen LogP) is 4.38. The predicted molar refractivity (Wildman–Crippen MR) is 112 cm³/mol. The number of aromatic hydroxyl groups is 2. The number of unbranched alkanes of at least 4 members (excludes halogenated alkanes) is 1. The van der Waals surface area contributed by atoms with E-state index in [0.29, 0.717) is 49.4 Å². The summed E-state index contributed by atoms with van der Waals surface area (Å²) in [6, 6.07) is 17.9. The van der Waals surface area contributed by atoms with Crippen LogP contribution >= 0.6 is 0 Å². The van der Waals surface area contributed by atoms with Crippen molar-refractivity contribution in [2.75, 3.05) is 13.2 Å². The normalized spacial score (nSPS) is 10.4. The summed E-state index contributed by atoms with van der Waals surface area (Å²) in [5.41, 5.74) is 0.955. The Morgan fingerprint density at radius 1 is 0.800 bits per heavy atom. The quantitative estimate of drug-likeness (QED) is 0.295. The van der Waals surface area contributed by atoms with E-state index in [0.717, 1.165) is 0 Å². The van der Waals surface area contributed by atoms with E-state index < -0.39 is 0 Å². The number of carbonyl (C=O) groups excluding carboxylic acids is 2. The second-order valence-corrected chi connectivity index (χ2v) is 6.62. The fourth-order valence-electron chi connectivity index (χ4n) is 2.84. The van der Waals surface area contributed by atoms with Gasteiger partial charge in [0.05, 0.1) is 24.3 Å². The lowest BCUT2D eigenvalue weighted by Crippen LogP contribution is -2.04. The number of benzene rings is 3. The molecule has 2 N–H and O–H groups in total. The van der Waals surface area contributed by atoms with Crippen LogP contribution in [0.15, 0.2) is 66.7 Å².